The first-order valence-corrected chi connectivity index (χ1v) is 8.21. The molecule has 1 aliphatic heterocycles. The number of aromatic nitrogens is 1. The molecule has 25 heavy (non-hydrogen) atoms. The number of ether oxygens (including phenoxy) is 2. The number of pyridine rings is 1. The summed E-state index contributed by atoms with van der Waals surface area (Å²) in [5.74, 6) is -0.0247. The Bertz CT molecular complexity index is 632. The minimum absolute atomic E-state index is 0.0247. The second kappa shape index (κ2) is 7.27. The van der Waals surface area contributed by atoms with Gasteiger partial charge in [0.25, 0.3) is 0 Å². The van der Waals surface area contributed by atoms with E-state index in [1.807, 2.05) is 0 Å². The third kappa shape index (κ3) is 5.95. The van der Waals surface area contributed by atoms with E-state index in [-0.39, 0.29) is 17.4 Å². The summed E-state index contributed by atoms with van der Waals surface area (Å²) in [7, 11) is 0. The molecule has 1 amide bonds. The van der Waals surface area contributed by atoms with Crippen LogP contribution in [0.2, 0.25) is 5.15 Å². The van der Waals surface area contributed by atoms with Crippen molar-refractivity contribution in [3.05, 3.63) is 23.0 Å². The lowest BCUT2D eigenvalue weighted by Crippen LogP contribution is -2.46. The van der Waals surface area contributed by atoms with E-state index >= 15 is 0 Å². The van der Waals surface area contributed by atoms with Gasteiger partial charge in [-0.1, -0.05) is 11.6 Å². The fourth-order valence-electron chi connectivity index (χ4n) is 2.41. The molecule has 0 aromatic carbocycles. The van der Waals surface area contributed by atoms with Crippen LogP contribution in [0, 0.1) is 0 Å². The molecule has 140 valence electrons. The lowest BCUT2D eigenvalue weighted by Gasteiger charge is -2.34. The summed E-state index contributed by atoms with van der Waals surface area (Å²) >= 11 is 5.65. The van der Waals surface area contributed by atoms with E-state index in [1.54, 1.807) is 20.8 Å². The Labute approximate surface area is 149 Å². The van der Waals surface area contributed by atoms with Gasteiger partial charge in [-0.3, -0.25) is 0 Å². The lowest BCUT2D eigenvalue weighted by molar-refractivity contribution is -0.141. The first-order chi connectivity index (χ1) is 11.4. The number of halogens is 4. The predicted octanol–water partition coefficient (Wildman–Crippen LogP) is 4.53. The molecule has 1 aliphatic rings. The number of piperidine rings is 1. The van der Waals surface area contributed by atoms with Crippen molar-refractivity contribution in [1.82, 2.24) is 9.88 Å². The highest BCUT2D eigenvalue weighted by Crippen LogP contribution is 2.32. The first-order valence-electron chi connectivity index (χ1n) is 7.83. The predicted molar refractivity (Wildman–Crippen MR) is 85.7 cm³/mol. The van der Waals surface area contributed by atoms with E-state index in [0.717, 1.165) is 6.07 Å². The zero-order valence-electron chi connectivity index (χ0n) is 14.2. The molecule has 1 unspecified atom stereocenters. The second-order valence-corrected chi connectivity index (χ2v) is 7.20. The van der Waals surface area contributed by atoms with Crippen molar-refractivity contribution in [1.29, 1.82) is 0 Å². The van der Waals surface area contributed by atoms with Gasteiger partial charge in [0.15, 0.2) is 0 Å². The molecule has 2 heterocycles. The highest BCUT2D eigenvalue weighted by molar-refractivity contribution is 6.29. The third-order valence-corrected chi connectivity index (χ3v) is 3.58. The Morgan fingerprint density at radius 1 is 1.32 bits per heavy atom. The van der Waals surface area contributed by atoms with Gasteiger partial charge in [0.05, 0.1) is 6.54 Å². The van der Waals surface area contributed by atoms with Crippen molar-refractivity contribution in [3.63, 3.8) is 0 Å². The van der Waals surface area contributed by atoms with Gasteiger partial charge in [-0.2, -0.15) is 13.2 Å². The lowest BCUT2D eigenvalue weighted by atomic mass is 10.1. The van der Waals surface area contributed by atoms with E-state index in [1.165, 1.54) is 11.0 Å². The number of carbonyl (C=O) groups is 1. The van der Waals surface area contributed by atoms with Crippen LogP contribution in [0.1, 0.15) is 39.3 Å². The van der Waals surface area contributed by atoms with E-state index in [9.17, 15) is 18.0 Å². The van der Waals surface area contributed by atoms with Crippen molar-refractivity contribution in [2.45, 2.75) is 51.5 Å². The molecule has 0 spiro atoms. The van der Waals surface area contributed by atoms with E-state index in [2.05, 4.69) is 4.98 Å². The number of alkyl halides is 3. The van der Waals surface area contributed by atoms with Gasteiger partial charge in [0.2, 0.25) is 0 Å². The highest BCUT2D eigenvalue weighted by Gasteiger charge is 2.34. The summed E-state index contributed by atoms with van der Waals surface area (Å²) in [6.07, 6.45) is -4.25. The molecular weight excluding hydrogens is 361 g/mol. The summed E-state index contributed by atoms with van der Waals surface area (Å²) in [6, 6.07) is 2.03. The first kappa shape index (κ1) is 19.6. The van der Waals surface area contributed by atoms with Gasteiger partial charge in [0.1, 0.15) is 28.3 Å². The maximum atomic E-state index is 12.8. The van der Waals surface area contributed by atoms with Crippen LogP contribution in [0.15, 0.2) is 12.1 Å². The van der Waals surface area contributed by atoms with E-state index < -0.39 is 29.7 Å². The van der Waals surface area contributed by atoms with Gasteiger partial charge in [-0.25, -0.2) is 9.78 Å². The van der Waals surface area contributed by atoms with Crippen LogP contribution in [0.5, 0.6) is 5.75 Å². The van der Waals surface area contributed by atoms with Crippen LogP contribution < -0.4 is 4.74 Å². The molecule has 1 atom stereocenters. The summed E-state index contributed by atoms with van der Waals surface area (Å²) in [4.78, 5) is 16.9. The van der Waals surface area contributed by atoms with Crippen molar-refractivity contribution in [2.75, 3.05) is 13.1 Å². The maximum absolute atomic E-state index is 12.8. The summed E-state index contributed by atoms with van der Waals surface area (Å²) in [5, 5.41) is -0.301. The summed E-state index contributed by atoms with van der Waals surface area (Å²) in [5.41, 5.74) is -1.74. The third-order valence-electron chi connectivity index (χ3n) is 3.39. The van der Waals surface area contributed by atoms with Gasteiger partial charge in [-0.05, 0) is 33.6 Å². The van der Waals surface area contributed by atoms with Crippen LogP contribution in [-0.4, -0.2) is 40.8 Å². The molecule has 5 nitrogen and oxygen atoms in total. The standard InChI is InChI=1S/C16H20ClF3N2O3/c1-15(2,3)25-14(23)22-6-4-5-10(9-22)24-11-7-12(16(18,19)20)21-13(17)8-11/h7-8,10H,4-6,9H2,1-3H3. The number of amides is 1. The van der Waals surface area contributed by atoms with Crippen LogP contribution in [0.3, 0.4) is 0 Å². The molecule has 0 bridgehead atoms. The summed E-state index contributed by atoms with van der Waals surface area (Å²) < 4.78 is 49.3. The Kier molecular flexibility index (Phi) is 5.71. The smallest absolute Gasteiger partial charge is 0.433 e. The number of hydrogen-bond donors (Lipinski definition) is 0. The molecule has 2 rings (SSSR count). The fraction of sp³-hybridized carbons (Fsp3) is 0.625. The largest absolute Gasteiger partial charge is 0.488 e. The number of nitrogens with zero attached hydrogens (tertiary/aromatic N) is 2. The monoisotopic (exact) mass is 380 g/mol. The molecule has 0 aliphatic carbocycles. The second-order valence-electron chi connectivity index (χ2n) is 6.82. The number of carbonyl (C=O) groups excluding carboxylic acids is 1. The molecule has 0 N–H and O–H groups in total. The number of hydrogen-bond acceptors (Lipinski definition) is 4. The molecule has 0 radical (unpaired) electrons. The normalized spacial score (nSPS) is 18.8. The van der Waals surface area contributed by atoms with Crippen molar-refractivity contribution in [2.24, 2.45) is 0 Å². The molecule has 1 fully saturated rings. The number of rotatable bonds is 2. The molecule has 1 aromatic rings. The van der Waals surface area contributed by atoms with Gasteiger partial charge in [0, 0.05) is 18.7 Å². The van der Waals surface area contributed by atoms with Gasteiger partial charge >= 0.3 is 12.3 Å². The summed E-state index contributed by atoms with van der Waals surface area (Å²) in [6.45, 7) is 6.04. The SMILES string of the molecule is CC(C)(C)OC(=O)N1CCCC(Oc2cc(Cl)nc(C(F)(F)F)c2)C1. The molecule has 9 heteroatoms. The van der Waals surface area contributed by atoms with Gasteiger partial charge in [-0.15, -0.1) is 0 Å². The molecule has 1 saturated heterocycles. The number of likely N-dealkylation sites (tertiary alicyclic amines) is 1. The average Bonchev–Trinajstić information content (AvgIpc) is 2.44. The van der Waals surface area contributed by atoms with Gasteiger partial charge < -0.3 is 14.4 Å². The minimum Gasteiger partial charge on any atom is -0.488 e. The molecular formula is C16H20ClF3N2O3. The Hall–Kier alpha value is -1.70. The van der Waals surface area contributed by atoms with E-state index in [4.69, 9.17) is 21.1 Å². The Balaban J connectivity index is 2.05. The zero-order valence-corrected chi connectivity index (χ0v) is 14.9. The maximum Gasteiger partial charge on any atom is 0.433 e. The van der Waals surface area contributed by atoms with Crippen molar-refractivity contribution < 1.29 is 27.4 Å². The van der Waals surface area contributed by atoms with Crippen molar-refractivity contribution >= 4 is 17.7 Å². The Morgan fingerprint density at radius 3 is 2.60 bits per heavy atom. The molecule has 1 aromatic heterocycles. The highest BCUT2D eigenvalue weighted by atomic mass is 35.5. The fourth-order valence-corrected chi connectivity index (χ4v) is 2.60. The zero-order chi connectivity index (χ0) is 18.8. The minimum atomic E-state index is -4.61. The van der Waals surface area contributed by atoms with Crippen LogP contribution in [-0.2, 0) is 10.9 Å². The van der Waals surface area contributed by atoms with E-state index in [0.29, 0.717) is 19.4 Å². The molecule has 0 saturated carbocycles. The Morgan fingerprint density at radius 2 is 2.00 bits per heavy atom. The quantitative estimate of drug-likeness (QED) is 0.707. The van der Waals surface area contributed by atoms with Crippen LogP contribution >= 0.6 is 11.6 Å². The topological polar surface area (TPSA) is 51.7 Å². The average molecular weight is 381 g/mol. The van der Waals surface area contributed by atoms with Crippen LogP contribution in [0.25, 0.3) is 0 Å². The van der Waals surface area contributed by atoms with Crippen molar-refractivity contribution in [3.8, 4) is 5.75 Å². The van der Waals surface area contributed by atoms with Crippen LogP contribution in [0.4, 0.5) is 18.0 Å².